The first-order valence-corrected chi connectivity index (χ1v) is 10.8. The minimum Gasteiger partial charge on any atom is -0.285 e. The molecule has 1 heterocycles. The van der Waals surface area contributed by atoms with Gasteiger partial charge in [-0.05, 0) is 28.0 Å². The van der Waals surface area contributed by atoms with Crippen molar-refractivity contribution in [3.05, 3.63) is 95.1 Å². The summed E-state index contributed by atoms with van der Waals surface area (Å²) in [6.07, 6.45) is 1.84. The van der Waals surface area contributed by atoms with Gasteiger partial charge in [0.1, 0.15) is 0 Å². The van der Waals surface area contributed by atoms with E-state index in [1.54, 1.807) is 11.3 Å². The van der Waals surface area contributed by atoms with Crippen molar-refractivity contribution in [3.63, 3.8) is 0 Å². The second kappa shape index (κ2) is 9.15. The van der Waals surface area contributed by atoms with Crippen molar-refractivity contribution in [2.45, 2.75) is 26.2 Å². The molecule has 154 valence electrons. The topological polar surface area (TPSA) is 17.3 Å². The molecule has 3 aromatic carbocycles. The maximum atomic E-state index is 4.77. The van der Waals surface area contributed by atoms with E-state index in [0.29, 0.717) is 6.54 Å². The summed E-state index contributed by atoms with van der Waals surface area (Å²) in [5, 5.41) is 4.66. The molecule has 0 aliphatic heterocycles. The van der Waals surface area contributed by atoms with Gasteiger partial charge in [0, 0.05) is 10.8 Å². The van der Waals surface area contributed by atoms with Crippen molar-refractivity contribution in [1.29, 1.82) is 0 Å². The minimum atomic E-state index is 0. The summed E-state index contributed by atoms with van der Waals surface area (Å²) in [6, 6.07) is 23.9. The molecule has 0 bridgehead atoms. The van der Waals surface area contributed by atoms with Crippen molar-refractivity contribution in [3.8, 4) is 16.9 Å². The van der Waals surface area contributed by atoms with E-state index in [1.807, 2.05) is 6.08 Å². The van der Waals surface area contributed by atoms with Crippen LogP contribution in [-0.4, -0.2) is 11.1 Å². The molecule has 1 aromatic heterocycles. The van der Waals surface area contributed by atoms with Crippen molar-refractivity contribution < 1.29 is 0 Å². The van der Waals surface area contributed by atoms with E-state index in [1.165, 1.54) is 21.9 Å². The number of rotatable bonds is 4. The van der Waals surface area contributed by atoms with Gasteiger partial charge in [0.25, 0.3) is 0 Å². The van der Waals surface area contributed by atoms with Crippen LogP contribution in [0.15, 0.2) is 89.8 Å². The third-order valence-electron chi connectivity index (χ3n) is 5.12. The lowest BCUT2D eigenvalue weighted by atomic mass is 9.86. The Labute approximate surface area is 193 Å². The van der Waals surface area contributed by atoms with E-state index >= 15 is 0 Å². The van der Waals surface area contributed by atoms with Crippen LogP contribution in [0.3, 0.4) is 0 Å². The molecular weight excluding hydrogens is 452 g/mol. The molecule has 0 aliphatic rings. The second-order valence-corrected chi connectivity index (χ2v) is 9.03. The Bertz CT molecular complexity index is 1220. The highest BCUT2D eigenvalue weighted by Gasteiger charge is 2.16. The average molecular weight is 479 g/mol. The molecule has 0 radical (unpaired) electrons. The van der Waals surface area contributed by atoms with Gasteiger partial charge in [-0.3, -0.25) is 9.56 Å². The first-order valence-electron chi connectivity index (χ1n) is 9.90. The van der Waals surface area contributed by atoms with Gasteiger partial charge in [-0.25, -0.2) is 0 Å². The lowest BCUT2D eigenvalue weighted by molar-refractivity contribution is 0.590. The van der Waals surface area contributed by atoms with E-state index in [2.05, 4.69) is 104 Å². The van der Waals surface area contributed by atoms with Crippen molar-refractivity contribution in [2.24, 2.45) is 4.99 Å². The predicted molar refractivity (Wildman–Crippen MR) is 136 cm³/mol. The zero-order chi connectivity index (χ0) is 20.4. The molecule has 4 heteroatoms. The first-order chi connectivity index (χ1) is 14.0. The smallest absolute Gasteiger partial charge is 0.190 e. The Morgan fingerprint density at radius 1 is 0.967 bits per heavy atom. The number of hydrogen-bond donors (Lipinski definition) is 0. The number of aromatic nitrogens is 1. The largest absolute Gasteiger partial charge is 0.285 e. The van der Waals surface area contributed by atoms with E-state index in [4.69, 9.17) is 4.99 Å². The van der Waals surface area contributed by atoms with Gasteiger partial charge in [0.2, 0.25) is 0 Å². The summed E-state index contributed by atoms with van der Waals surface area (Å²) in [7, 11) is 0. The average Bonchev–Trinajstić information content (AvgIpc) is 3.15. The second-order valence-electron chi connectivity index (χ2n) is 8.19. The Morgan fingerprint density at radius 3 is 2.37 bits per heavy atom. The van der Waals surface area contributed by atoms with Gasteiger partial charge < -0.3 is 0 Å². The molecule has 4 aromatic rings. The van der Waals surface area contributed by atoms with Gasteiger partial charge >= 0.3 is 0 Å². The number of fused-ring (bicyclic) bond motifs is 1. The molecule has 0 atom stereocenters. The van der Waals surface area contributed by atoms with Crippen molar-refractivity contribution in [2.75, 3.05) is 6.54 Å². The molecule has 30 heavy (non-hydrogen) atoms. The Balaban J connectivity index is 0.00000256. The van der Waals surface area contributed by atoms with Crippen LogP contribution in [-0.2, 0) is 5.41 Å². The van der Waals surface area contributed by atoms with Crippen LogP contribution >= 0.6 is 28.3 Å². The molecule has 0 unspecified atom stereocenters. The van der Waals surface area contributed by atoms with Crippen LogP contribution in [0.4, 0.5) is 0 Å². The third kappa shape index (κ3) is 4.35. The molecule has 0 fully saturated rings. The Kier molecular flexibility index (Phi) is 6.79. The van der Waals surface area contributed by atoms with Crippen molar-refractivity contribution >= 4 is 39.1 Å². The SMILES string of the molecule is Br.C=CCN=c1scc(-c2ccc(C(C)(C)C)cc2)n1-c1cccc2ccccc12. The zero-order valence-electron chi connectivity index (χ0n) is 17.6. The van der Waals surface area contributed by atoms with Crippen molar-refractivity contribution in [1.82, 2.24) is 4.57 Å². The summed E-state index contributed by atoms with van der Waals surface area (Å²) in [5.74, 6) is 0. The fourth-order valence-electron chi connectivity index (χ4n) is 3.54. The van der Waals surface area contributed by atoms with Crippen LogP contribution < -0.4 is 4.80 Å². The zero-order valence-corrected chi connectivity index (χ0v) is 20.2. The van der Waals surface area contributed by atoms with Crippen LogP contribution in [0.25, 0.3) is 27.7 Å². The molecule has 0 saturated heterocycles. The van der Waals surface area contributed by atoms with Gasteiger partial charge in [-0.2, -0.15) is 0 Å². The molecule has 0 saturated carbocycles. The fraction of sp³-hybridized carbons (Fsp3) is 0.192. The molecule has 4 rings (SSSR count). The number of halogens is 1. The van der Waals surface area contributed by atoms with E-state index in [9.17, 15) is 0 Å². The van der Waals surface area contributed by atoms with Gasteiger partial charge in [-0.15, -0.1) is 34.9 Å². The fourth-order valence-corrected chi connectivity index (χ4v) is 4.45. The lowest BCUT2D eigenvalue weighted by Gasteiger charge is -2.19. The van der Waals surface area contributed by atoms with Gasteiger partial charge in [0.05, 0.1) is 17.9 Å². The van der Waals surface area contributed by atoms with Crippen LogP contribution in [0.2, 0.25) is 0 Å². The number of benzene rings is 3. The highest BCUT2D eigenvalue weighted by atomic mass is 79.9. The maximum Gasteiger partial charge on any atom is 0.190 e. The minimum absolute atomic E-state index is 0. The summed E-state index contributed by atoms with van der Waals surface area (Å²) in [4.78, 5) is 5.76. The standard InChI is InChI=1S/C26H26N2S.BrH/c1-5-17-27-25-28(23-12-8-10-19-9-6-7-11-22(19)23)24(18-29-25)20-13-15-21(16-14-20)26(2,3)4;/h5-16,18H,1,17H2,2-4H3;1H. The van der Waals surface area contributed by atoms with E-state index < -0.39 is 0 Å². The molecular formula is C26H27BrN2S. The summed E-state index contributed by atoms with van der Waals surface area (Å²) in [6.45, 7) is 11.2. The van der Waals surface area contributed by atoms with Crippen LogP contribution in [0.1, 0.15) is 26.3 Å². The monoisotopic (exact) mass is 478 g/mol. The Hall–Kier alpha value is -2.43. The molecule has 0 N–H and O–H groups in total. The summed E-state index contributed by atoms with van der Waals surface area (Å²) >= 11 is 1.67. The number of thiazole rings is 1. The number of nitrogens with zero attached hydrogens (tertiary/aromatic N) is 2. The molecule has 2 nitrogen and oxygen atoms in total. The van der Waals surface area contributed by atoms with Crippen LogP contribution in [0.5, 0.6) is 0 Å². The molecule has 0 spiro atoms. The number of hydrogen-bond acceptors (Lipinski definition) is 2. The molecule has 0 amide bonds. The normalized spacial score (nSPS) is 12.0. The summed E-state index contributed by atoms with van der Waals surface area (Å²) < 4.78 is 2.28. The quantitative estimate of drug-likeness (QED) is 0.273. The Morgan fingerprint density at radius 2 is 1.67 bits per heavy atom. The van der Waals surface area contributed by atoms with Crippen LogP contribution in [0, 0.1) is 0 Å². The highest BCUT2D eigenvalue weighted by molar-refractivity contribution is 8.93. The third-order valence-corrected chi connectivity index (χ3v) is 5.98. The lowest BCUT2D eigenvalue weighted by Crippen LogP contribution is -2.15. The predicted octanol–water partition coefficient (Wildman–Crippen LogP) is 7.32. The maximum absolute atomic E-state index is 4.77. The summed E-state index contributed by atoms with van der Waals surface area (Å²) in [5.41, 5.74) is 4.99. The van der Waals surface area contributed by atoms with Gasteiger partial charge in [0.15, 0.2) is 4.80 Å². The molecule has 0 aliphatic carbocycles. The van der Waals surface area contributed by atoms with E-state index in [0.717, 1.165) is 16.2 Å². The van der Waals surface area contributed by atoms with E-state index in [-0.39, 0.29) is 22.4 Å². The highest BCUT2D eigenvalue weighted by Crippen LogP contribution is 2.30. The first kappa shape index (κ1) is 22.3. The van der Waals surface area contributed by atoms with Gasteiger partial charge in [-0.1, -0.05) is 87.5 Å².